The minimum atomic E-state index is 1.16. The van der Waals surface area contributed by atoms with Gasteiger partial charge in [0.15, 0.2) is 0 Å². The van der Waals surface area contributed by atoms with Crippen molar-refractivity contribution in [1.29, 1.82) is 0 Å². The van der Waals surface area contributed by atoms with Crippen LogP contribution in [-0.2, 0) is 12.8 Å². The predicted octanol–water partition coefficient (Wildman–Crippen LogP) is 10.0. The summed E-state index contributed by atoms with van der Waals surface area (Å²) in [5.41, 5.74) is 13.1. The number of fused-ring (bicyclic) bond motifs is 7. The van der Waals surface area contributed by atoms with Crippen molar-refractivity contribution in [3.05, 3.63) is 145 Å². The molecule has 0 saturated carbocycles. The molecule has 0 atom stereocenters. The first kappa shape index (κ1) is 22.7. The molecule has 0 saturated heterocycles. The van der Waals surface area contributed by atoms with Crippen LogP contribution in [0.1, 0.15) is 17.5 Å². The molecule has 2 heterocycles. The number of benzene rings is 6. The van der Waals surface area contributed by atoms with Crippen molar-refractivity contribution in [2.75, 3.05) is 0 Å². The molecule has 0 spiro atoms. The molecule has 0 unspecified atom stereocenters. The summed E-state index contributed by atoms with van der Waals surface area (Å²) in [6.07, 6.45) is 3.60. The summed E-state index contributed by atoms with van der Waals surface area (Å²) in [6, 6.07) is 49.1. The molecule has 41 heavy (non-hydrogen) atoms. The maximum atomic E-state index is 2.50. The molecular formula is C39H28N2. The Morgan fingerprint density at radius 3 is 1.71 bits per heavy atom. The van der Waals surface area contributed by atoms with Crippen LogP contribution in [0.5, 0.6) is 0 Å². The van der Waals surface area contributed by atoms with Crippen molar-refractivity contribution in [1.82, 2.24) is 9.13 Å². The molecule has 0 amide bonds. The highest BCUT2D eigenvalue weighted by molar-refractivity contribution is 6.12. The topological polar surface area (TPSA) is 9.86 Å². The monoisotopic (exact) mass is 524 g/mol. The zero-order valence-corrected chi connectivity index (χ0v) is 22.7. The summed E-state index contributed by atoms with van der Waals surface area (Å²) in [7, 11) is 0. The average Bonchev–Trinajstić information content (AvgIpc) is 3.73. The van der Waals surface area contributed by atoms with Crippen LogP contribution >= 0.6 is 0 Å². The van der Waals surface area contributed by atoms with Crippen LogP contribution in [0.25, 0.3) is 66.1 Å². The van der Waals surface area contributed by atoms with E-state index in [2.05, 4.69) is 143 Å². The van der Waals surface area contributed by atoms with Crippen LogP contribution in [-0.4, -0.2) is 9.13 Å². The highest BCUT2D eigenvalue weighted by Gasteiger charge is 2.20. The zero-order valence-electron chi connectivity index (χ0n) is 22.7. The van der Waals surface area contributed by atoms with Gasteiger partial charge in [-0.2, -0.15) is 0 Å². The molecule has 0 fully saturated rings. The lowest BCUT2D eigenvalue weighted by Gasteiger charge is -2.13. The molecule has 2 aromatic heterocycles. The van der Waals surface area contributed by atoms with Gasteiger partial charge in [-0.1, -0.05) is 78.9 Å². The van der Waals surface area contributed by atoms with Gasteiger partial charge in [0.1, 0.15) is 0 Å². The molecule has 2 heteroatoms. The van der Waals surface area contributed by atoms with Gasteiger partial charge in [0.05, 0.1) is 22.1 Å². The van der Waals surface area contributed by atoms with E-state index in [1.165, 1.54) is 90.1 Å². The van der Waals surface area contributed by atoms with Crippen LogP contribution in [0.2, 0.25) is 0 Å². The number of aryl methyl sites for hydroxylation is 1. The maximum Gasteiger partial charge on any atom is 0.0541 e. The number of hydrogen-bond donors (Lipinski definition) is 0. The smallest absolute Gasteiger partial charge is 0.0541 e. The largest absolute Gasteiger partial charge is 0.309 e. The van der Waals surface area contributed by atoms with E-state index in [0.29, 0.717) is 0 Å². The number of rotatable bonds is 3. The number of nitrogens with zero attached hydrogens (tertiary/aromatic N) is 2. The third-order valence-corrected chi connectivity index (χ3v) is 9.05. The lowest BCUT2D eigenvalue weighted by molar-refractivity contribution is 0.908. The highest BCUT2D eigenvalue weighted by Crippen LogP contribution is 2.39. The number of aromatic nitrogens is 2. The minimum absolute atomic E-state index is 1.16. The van der Waals surface area contributed by atoms with Gasteiger partial charge < -0.3 is 9.13 Å². The molecule has 0 N–H and O–H groups in total. The van der Waals surface area contributed by atoms with Crippen LogP contribution in [0, 0.1) is 0 Å². The Labute approximate surface area is 238 Å². The summed E-state index contributed by atoms with van der Waals surface area (Å²) in [5.74, 6) is 0. The van der Waals surface area contributed by atoms with Crippen LogP contribution in [0.15, 0.2) is 133 Å². The SMILES string of the molecule is c1ccc(-n2c3ccccc3c3cc(-c4ccc5c(c4)c4ccccc4n5-c4cccc5c4CCC5)ccc32)cc1. The van der Waals surface area contributed by atoms with E-state index >= 15 is 0 Å². The molecular weight excluding hydrogens is 496 g/mol. The average molecular weight is 525 g/mol. The van der Waals surface area contributed by atoms with Crippen molar-refractivity contribution >= 4 is 43.6 Å². The quantitative estimate of drug-likeness (QED) is 0.218. The van der Waals surface area contributed by atoms with Crippen molar-refractivity contribution in [2.24, 2.45) is 0 Å². The molecule has 6 aromatic carbocycles. The Morgan fingerprint density at radius 2 is 1.00 bits per heavy atom. The second-order valence-corrected chi connectivity index (χ2v) is 11.3. The van der Waals surface area contributed by atoms with E-state index in [9.17, 15) is 0 Å². The summed E-state index contributed by atoms with van der Waals surface area (Å²) < 4.78 is 4.87. The molecule has 1 aliphatic rings. The first-order valence-corrected chi connectivity index (χ1v) is 14.6. The van der Waals surface area contributed by atoms with Gasteiger partial charge >= 0.3 is 0 Å². The summed E-state index contributed by atoms with van der Waals surface area (Å²) in [4.78, 5) is 0. The molecule has 0 aliphatic heterocycles. The van der Waals surface area contributed by atoms with Gasteiger partial charge in [-0.3, -0.25) is 0 Å². The molecule has 0 radical (unpaired) electrons. The Morgan fingerprint density at radius 1 is 0.415 bits per heavy atom. The molecule has 2 nitrogen and oxygen atoms in total. The number of hydrogen-bond acceptors (Lipinski definition) is 0. The predicted molar refractivity (Wildman–Crippen MR) is 173 cm³/mol. The van der Waals surface area contributed by atoms with Gasteiger partial charge in [0.2, 0.25) is 0 Å². The highest BCUT2D eigenvalue weighted by atomic mass is 15.0. The van der Waals surface area contributed by atoms with E-state index in [4.69, 9.17) is 0 Å². The molecule has 0 bridgehead atoms. The van der Waals surface area contributed by atoms with Crippen molar-refractivity contribution < 1.29 is 0 Å². The first-order valence-electron chi connectivity index (χ1n) is 14.6. The van der Waals surface area contributed by atoms with Gasteiger partial charge in [-0.15, -0.1) is 0 Å². The van der Waals surface area contributed by atoms with E-state index in [1.807, 2.05) is 0 Å². The fourth-order valence-corrected chi connectivity index (χ4v) is 7.23. The Balaban J connectivity index is 1.27. The van der Waals surface area contributed by atoms with Gasteiger partial charge in [-0.05, 0) is 96.1 Å². The first-order chi connectivity index (χ1) is 20.3. The van der Waals surface area contributed by atoms with E-state index in [-0.39, 0.29) is 0 Å². The molecule has 194 valence electrons. The van der Waals surface area contributed by atoms with Gasteiger partial charge in [0, 0.05) is 32.9 Å². The summed E-state index contributed by atoms with van der Waals surface area (Å²) >= 11 is 0. The lowest BCUT2D eigenvalue weighted by atomic mass is 10.0. The van der Waals surface area contributed by atoms with Crippen LogP contribution in [0.3, 0.4) is 0 Å². The molecule has 9 rings (SSSR count). The van der Waals surface area contributed by atoms with Gasteiger partial charge in [-0.25, -0.2) is 0 Å². The minimum Gasteiger partial charge on any atom is -0.309 e. The maximum absolute atomic E-state index is 2.50. The van der Waals surface area contributed by atoms with Crippen LogP contribution < -0.4 is 0 Å². The van der Waals surface area contributed by atoms with E-state index < -0.39 is 0 Å². The van der Waals surface area contributed by atoms with Crippen molar-refractivity contribution in [3.8, 4) is 22.5 Å². The second-order valence-electron chi connectivity index (χ2n) is 11.3. The standard InChI is InChI=1S/C39H28N2/c1-2-12-29(13-3-1)40-36-17-6-4-14-31(36)33-24-27(20-22-38(33)40)28-21-23-39-34(25-28)32-15-5-7-18-37(32)41(39)35-19-9-11-26-10-8-16-30(26)35/h1-7,9,11-15,17-25H,8,10,16H2. The van der Waals surface area contributed by atoms with Crippen molar-refractivity contribution in [2.45, 2.75) is 19.3 Å². The normalized spacial score (nSPS) is 13.1. The summed E-state index contributed by atoms with van der Waals surface area (Å²) in [5, 5.41) is 5.18. The van der Waals surface area contributed by atoms with Gasteiger partial charge in [0.25, 0.3) is 0 Å². The Hall–Kier alpha value is -5.08. The fraction of sp³-hybridized carbons (Fsp3) is 0.0769. The lowest BCUT2D eigenvalue weighted by Crippen LogP contribution is -1.99. The number of para-hydroxylation sites is 3. The third kappa shape index (κ3) is 3.31. The Kier molecular flexibility index (Phi) is 4.82. The fourth-order valence-electron chi connectivity index (χ4n) is 7.23. The molecule has 1 aliphatic carbocycles. The molecule has 8 aromatic rings. The van der Waals surface area contributed by atoms with E-state index in [1.54, 1.807) is 0 Å². The van der Waals surface area contributed by atoms with E-state index in [0.717, 1.165) is 6.42 Å². The second kappa shape index (κ2) is 8.71. The third-order valence-electron chi connectivity index (χ3n) is 9.05. The van der Waals surface area contributed by atoms with Crippen molar-refractivity contribution in [3.63, 3.8) is 0 Å². The Bertz CT molecular complexity index is 2280. The summed E-state index contributed by atoms with van der Waals surface area (Å²) in [6.45, 7) is 0. The zero-order chi connectivity index (χ0) is 26.9. The van der Waals surface area contributed by atoms with Crippen LogP contribution in [0.4, 0.5) is 0 Å².